The predicted molar refractivity (Wildman–Crippen MR) is 116 cm³/mol. The van der Waals surface area contributed by atoms with Gasteiger partial charge < -0.3 is 20.6 Å². The van der Waals surface area contributed by atoms with Crippen LogP contribution in [0.15, 0.2) is 0 Å². The molecule has 168 valence electrons. The van der Waals surface area contributed by atoms with Gasteiger partial charge in [-0.2, -0.15) is 0 Å². The van der Waals surface area contributed by atoms with Crippen molar-refractivity contribution in [3.63, 3.8) is 0 Å². The molecule has 1 aromatic rings. The smallest absolute Gasteiger partial charge is 0.304 e. The number of hydrogen-bond acceptors (Lipinski definition) is 6. The lowest BCUT2D eigenvalue weighted by Gasteiger charge is -2.58. The molecule has 4 N–H and O–H groups in total. The highest BCUT2D eigenvalue weighted by Crippen LogP contribution is 2.62. The highest BCUT2D eigenvalue weighted by Gasteiger charge is 2.59. The topological polar surface area (TPSA) is 120 Å². The van der Waals surface area contributed by atoms with Crippen LogP contribution >= 0.6 is 11.3 Å². The van der Waals surface area contributed by atoms with Gasteiger partial charge in [0.25, 0.3) is 0 Å². The van der Waals surface area contributed by atoms with Crippen molar-refractivity contribution in [3.8, 4) is 0 Å². The molecule has 3 rings (SSSR count). The Morgan fingerprint density at radius 2 is 2.03 bits per heavy atom. The summed E-state index contributed by atoms with van der Waals surface area (Å²) in [6, 6.07) is 0. The lowest BCUT2D eigenvalue weighted by Crippen LogP contribution is -2.57. The normalized spacial score (nSPS) is 32.9. The van der Waals surface area contributed by atoms with E-state index in [0.29, 0.717) is 30.8 Å². The molecular weight excluding hydrogens is 404 g/mol. The van der Waals surface area contributed by atoms with E-state index in [1.54, 1.807) is 0 Å². The minimum atomic E-state index is -0.886. The van der Waals surface area contributed by atoms with Crippen LogP contribution in [-0.2, 0) is 16.0 Å². The Hall–Kier alpha value is -1.51. The zero-order valence-corrected chi connectivity index (χ0v) is 18.9. The number of hydrogen-bond donors (Lipinski definition) is 4. The number of carboxylic acids is 1. The van der Waals surface area contributed by atoms with E-state index in [-0.39, 0.29) is 30.8 Å². The van der Waals surface area contributed by atoms with Crippen molar-refractivity contribution in [3.05, 3.63) is 10.6 Å². The van der Waals surface area contributed by atoms with Gasteiger partial charge in [-0.15, -0.1) is 11.3 Å². The molecule has 2 aliphatic rings. The van der Waals surface area contributed by atoms with E-state index in [4.69, 9.17) is 0 Å². The van der Waals surface area contributed by atoms with E-state index in [1.807, 2.05) is 6.92 Å². The second kappa shape index (κ2) is 8.93. The third-order valence-corrected chi connectivity index (χ3v) is 8.54. The Labute approximate surface area is 181 Å². The third-order valence-electron chi connectivity index (χ3n) is 7.53. The van der Waals surface area contributed by atoms with E-state index >= 15 is 0 Å². The van der Waals surface area contributed by atoms with Crippen LogP contribution in [0.5, 0.6) is 0 Å². The lowest BCUT2D eigenvalue weighted by molar-refractivity contribution is -0.150. The molecule has 7 nitrogen and oxygen atoms in total. The number of carbonyl (C=O) groups excluding carboxylic acids is 1. The second-order valence-corrected chi connectivity index (χ2v) is 10.5. The molecule has 0 bridgehead atoms. The predicted octanol–water partition coefficient (Wildman–Crippen LogP) is 3.55. The number of aliphatic hydroxyl groups excluding tert-OH is 2. The summed E-state index contributed by atoms with van der Waals surface area (Å²) < 4.78 is 0. The van der Waals surface area contributed by atoms with Crippen molar-refractivity contribution in [2.45, 2.75) is 84.2 Å². The zero-order chi connectivity index (χ0) is 22.1. The Balaban J connectivity index is 1.94. The summed E-state index contributed by atoms with van der Waals surface area (Å²) in [7, 11) is 0. The second-order valence-electron chi connectivity index (χ2n) is 9.46. The molecule has 1 saturated carbocycles. The summed E-state index contributed by atoms with van der Waals surface area (Å²) in [5.41, 5.74) is -0.324. The van der Waals surface area contributed by atoms with E-state index in [1.165, 1.54) is 11.3 Å². The first-order valence-electron chi connectivity index (χ1n) is 11.0. The monoisotopic (exact) mass is 438 g/mol. The van der Waals surface area contributed by atoms with Gasteiger partial charge in [-0.05, 0) is 37.0 Å². The van der Waals surface area contributed by atoms with Gasteiger partial charge in [-0.25, -0.2) is 4.98 Å². The maximum absolute atomic E-state index is 12.3. The summed E-state index contributed by atoms with van der Waals surface area (Å²) in [4.78, 5) is 29.6. The van der Waals surface area contributed by atoms with Crippen molar-refractivity contribution in [2.75, 3.05) is 11.9 Å². The summed E-state index contributed by atoms with van der Waals surface area (Å²) in [6.45, 7) is 5.92. The zero-order valence-electron chi connectivity index (χ0n) is 18.1. The number of amides is 1. The van der Waals surface area contributed by atoms with Gasteiger partial charge in [0.2, 0.25) is 5.91 Å². The molecule has 8 heteroatoms. The molecule has 30 heavy (non-hydrogen) atoms. The Morgan fingerprint density at radius 3 is 2.67 bits per heavy atom. The van der Waals surface area contributed by atoms with Gasteiger partial charge in [0.1, 0.15) is 0 Å². The van der Waals surface area contributed by atoms with Crippen molar-refractivity contribution in [1.29, 1.82) is 0 Å². The fraction of sp³-hybridized carbons (Fsp3) is 0.773. The summed E-state index contributed by atoms with van der Waals surface area (Å²) >= 11 is 1.40. The first-order valence-corrected chi connectivity index (χ1v) is 11.8. The van der Waals surface area contributed by atoms with Gasteiger partial charge in [-0.3, -0.25) is 9.59 Å². The van der Waals surface area contributed by atoms with E-state index in [2.05, 4.69) is 24.1 Å². The largest absolute Gasteiger partial charge is 0.481 e. The summed E-state index contributed by atoms with van der Waals surface area (Å²) in [6.07, 6.45) is 4.50. The molecule has 5 unspecified atom stereocenters. The third kappa shape index (κ3) is 4.14. The van der Waals surface area contributed by atoms with Crippen LogP contribution in [0.4, 0.5) is 5.13 Å². The van der Waals surface area contributed by atoms with Crippen molar-refractivity contribution < 1.29 is 24.9 Å². The Kier molecular flexibility index (Phi) is 6.89. The highest BCUT2D eigenvalue weighted by molar-refractivity contribution is 7.15. The average Bonchev–Trinajstić information content (AvgIpc) is 3.08. The molecule has 0 aromatic carbocycles. The van der Waals surface area contributed by atoms with Crippen LogP contribution in [0.25, 0.3) is 0 Å². The SMILES string of the molecule is CCCCCC(=O)Nc1nc2c(s1)CC1C(C)(CO)C(O)CCC1(C)C2CC(=O)O. The molecule has 0 spiro atoms. The number of aromatic nitrogens is 1. The van der Waals surface area contributed by atoms with Gasteiger partial charge in [0, 0.05) is 22.6 Å². The van der Waals surface area contributed by atoms with Crippen LogP contribution in [0.1, 0.15) is 82.2 Å². The Morgan fingerprint density at radius 1 is 1.30 bits per heavy atom. The fourth-order valence-electron chi connectivity index (χ4n) is 5.59. The molecular formula is C22H34N2O5S. The standard InChI is InChI=1S/C22H34N2O5S/c1-4-5-6-7-17(27)23-20-24-19-13(10-18(28)29)21(2)9-8-16(26)22(3,12-25)15(21)11-14(19)30-20/h13,15-16,25-26H,4-12H2,1-3H3,(H,28,29)(H,23,24,27). The lowest BCUT2D eigenvalue weighted by atomic mass is 9.47. The fourth-order valence-corrected chi connectivity index (χ4v) is 6.68. The number of anilines is 1. The number of rotatable bonds is 8. The molecule has 1 fully saturated rings. The molecule has 0 aliphatic heterocycles. The van der Waals surface area contributed by atoms with Gasteiger partial charge in [0.15, 0.2) is 5.13 Å². The maximum Gasteiger partial charge on any atom is 0.304 e. The highest BCUT2D eigenvalue weighted by atomic mass is 32.1. The Bertz CT molecular complexity index is 796. The maximum atomic E-state index is 12.3. The minimum Gasteiger partial charge on any atom is -0.481 e. The van der Waals surface area contributed by atoms with Crippen LogP contribution in [-0.4, -0.2) is 44.9 Å². The van der Waals surface area contributed by atoms with Gasteiger partial charge >= 0.3 is 5.97 Å². The number of fused-ring (bicyclic) bond motifs is 2. The minimum absolute atomic E-state index is 0.0504. The molecule has 0 saturated heterocycles. The first kappa shape index (κ1) is 23.2. The van der Waals surface area contributed by atoms with E-state index in [9.17, 15) is 24.9 Å². The number of unbranched alkanes of at least 4 members (excludes halogenated alkanes) is 2. The van der Waals surface area contributed by atoms with Crippen LogP contribution < -0.4 is 5.32 Å². The van der Waals surface area contributed by atoms with Crippen LogP contribution in [0.3, 0.4) is 0 Å². The quantitative estimate of drug-likeness (QED) is 0.461. The van der Waals surface area contributed by atoms with E-state index in [0.717, 1.165) is 29.8 Å². The summed E-state index contributed by atoms with van der Waals surface area (Å²) in [5.74, 6) is -1.33. The van der Waals surface area contributed by atoms with Crippen molar-refractivity contribution in [1.82, 2.24) is 4.98 Å². The molecule has 2 aliphatic carbocycles. The number of aliphatic hydroxyl groups is 2. The first-order chi connectivity index (χ1) is 14.2. The van der Waals surface area contributed by atoms with Crippen molar-refractivity contribution >= 4 is 28.3 Å². The number of nitrogens with one attached hydrogen (secondary N) is 1. The number of carbonyl (C=O) groups is 2. The molecule has 1 amide bonds. The molecule has 5 atom stereocenters. The number of nitrogens with zero attached hydrogens (tertiary/aromatic N) is 1. The van der Waals surface area contributed by atoms with Crippen LogP contribution in [0.2, 0.25) is 0 Å². The molecule has 0 radical (unpaired) electrons. The van der Waals surface area contributed by atoms with Crippen molar-refractivity contribution in [2.24, 2.45) is 16.7 Å². The average molecular weight is 439 g/mol. The number of aliphatic carboxylic acids is 1. The van der Waals surface area contributed by atoms with Crippen LogP contribution in [0, 0.1) is 16.7 Å². The number of carboxylic acid groups (broad SMARTS) is 1. The molecule has 1 aromatic heterocycles. The van der Waals surface area contributed by atoms with E-state index < -0.39 is 22.9 Å². The summed E-state index contributed by atoms with van der Waals surface area (Å²) in [5, 5.41) is 33.9. The number of thiazole rings is 1. The van der Waals surface area contributed by atoms with Gasteiger partial charge in [0.05, 0.1) is 24.8 Å². The van der Waals surface area contributed by atoms with Gasteiger partial charge in [-0.1, -0.05) is 33.6 Å². The molecule has 1 heterocycles.